The zero-order valence-electron chi connectivity index (χ0n) is 12.6. The standard InChI is InChI=1S/C16H22N2OS/c1-16(2,3)14-11-20-15(18-14)10-19-13-8-6-5-7-12(13)9-17-4/h5-8,11,17H,9-10H2,1-4H3. The maximum Gasteiger partial charge on any atom is 0.140 e. The Morgan fingerprint density at radius 1 is 1.25 bits per heavy atom. The molecule has 0 amide bonds. The van der Waals surface area contributed by atoms with Crippen LogP contribution in [0.5, 0.6) is 5.75 Å². The lowest BCUT2D eigenvalue weighted by Crippen LogP contribution is -2.12. The Kier molecular flexibility index (Phi) is 4.78. The maximum atomic E-state index is 5.91. The summed E-state index contributed by atoms with van der Waals surface area (Å²) >= 11 is 1.66. The van der Waals surface area contributed by atoms with Gasteiger partial charge in [-0.15, -0.1) is 11.3 Å². The summed E-state index contributed by atoms with van der Waals surface area (Å²) in [4.78, 5) is 4.65. The van der Waals surface area contributed by atoms with Crippen LogP contribution in [0.4, 0.5) is 0 Å². The van der Waals surface area contributed by atoms with E-state index in [1.54, 1.807) is 11.3 Å². The summed E-state index contributed by atoms with van der Waals surface area (Å²) in [6.45, 7) is 7.86. The van der Waals surface area contributed by atoms with Gasteiger partial charge in [0.05, 0.1) is 5.69 Å². The van der Waals surface area contributed by atoms with Gasteiger partial charge in [-0.05, 0) is 13.1 Å². The summed E-state index contributed by atoms with van der Waals surface area (Å²) in [5.74, 6) is 0.925. The topological polar surface area (TPSA) is 34.1 Å². The van der Waals surface area contributed by atoms with Crippen molar-refractivity contribution in [3.05, 3.63) is 45.9 Å². The van der Waals surface area contributed by atoms with Crippen LogP contribution in [-0.2, 0) is 18.6 Å². The van der Waals surface area contributed by atoms with Crippen LogP contribution < -0.4 is 10.1 Å². The molecule has 0 aliphatic rings. The third kappa shape index (κ3) is 3.81. The number of ether oxygens (including phenoxy) is 1. The monoisotopic (exact) mass is 290 g/mol. The van der Waals surface area contributed by atoms with E-state index in [9.17, 15) is 0 Å². The summed E-state index contributed by atoms with van der Waals surface area (Å²) < 4.78 is 5.91. The summed E-state index contributed by atoms with van der Waals surface area (Å²) in [6, 6.07) is 8.11. The average molecular weight is 290 g/mol. The second-order valence-electron chi connectivity index (χ2n) is 5.80. The lowest BCUT2D eigenvalue weighted by atomic mass is 9.93. The summed E-state index contributed by atoms with van der Waals surface area (Å²) in [6.07, 6.45) is 0. The highest BCUT2D eigenvalue weighted by Gasteiger charge is 2.17. The van der Waals surface area contributed by atoms with E-state index in [2.05, 4.69) is 42.5 Å². The Labute approximate surface area is 125 Å². The number of para-hydroxylation sites is 1. The first-order chi connectivity index (χ1) is 9.50. The van der Waals surface area contributed by atoms with Gasteiger partial charge in [-0.3, -0.25) is 0 Å². The molecule has 0 bridgehead atoms. The number of rotatable bonds is 5. The quantitative estimate of drug-likeness (QED) is 0.911. The molecule has 0 aliphatic carbocycles. The zero-order chi connectivity index (χ0) is 14.6. The van der Waals surface area contributed by atoms with Crippen molar-refractivity contribution in [1.29, 1.82) is 0 Å². The molecule has 0 aliphatic heterocycles. The first kappa shape index (κ1) is 15.0. The fourth-order valence-corrected chi connectivity index (χ4v) is 2.77. The molecule has 0 saturated heterocycles. The van der Waals surface area contributed by atoms with E-state index in [-0.39, 0.29) is 5.41 Å². The van der Waals surface area contributed by atoms with Gasteiger partial charge in [0.1, 0.15) is 17.4 Å². The molecule has 1 aromatic carbocycles. The van der Waals surface area contributed by atoms with Crippen LogP contribution in [0.15, 0.2) is 29.6 Å². The van der Waals surface area contributed by atoms with E-state index in [4.69, 9.17) is 4.74 Å². The number of benzene rings is 1. The van der Waals surface area contributed by atoms with Crippen molar-refractivity contribution in [2.45, 2.75) is 39.3 Å². The summed E-state index contributed by atoms with van der Waals surface area (Å²) in [5.41, 5.74) is 2.39. The van der Waals surface area contributed by atoms with Gasteiger partial charge in [0, 0.05) is 22.9 Å². The molecule has 0 radical (unpaired) electrons. The van der Waals surface area contributed by atoms with Gasteiger partial charge in [-0.2, -0.15) is 0 Å². The van der Waals surface area contributed by atoms with Gasteiger partial charge in [-0.1, -0.05) is 39.0 Å². The van der Waals surface area contributed by atoms with E-state index >= 15 is 0 Å². The number of nitrogens with one attached hydrogen (secondary N) is 1. The number of nitrogens with zero attached hydrogens (tertiary/aromatic N) is 1. The van der Waals surface area contributed by atoms with Gasteiger partial charge < -0.3 is 10.1 Å². The zero-order valence-corrected chi connectivity index (χ0v) is 13.4. The molecule has 0 spiro atoms. The second kappa shape index (κ2) is 6.37. The van der Waals surface area contributed by atoms with Crippen LogP contribution >= 0.6 is 11.3 Å². The van der Waals surface area contributed by atoms with Crippen molar-refractivity contribution in [2.24, 2.45) is 0 Å². The van der Waals surface area contributed by atoms with Crippen molar-refractivity contribution in [1.82, 2.24) is 10.3 Å². The normalized spacial score (nSPS) is 11.6. The maximum absolute atomic E-state index is 5.91. The molecule has 0 atom stereocenters. The number of aromatic nitrogens is 1. The molecular weight excluding hydrogens is 268 g/mol. The molecule has 108 valence electrons. The second-order valence-corrected chi connectivity index (χ2v) is 6.75. The van der Waals surface area contributed by atoms with Crippen LogP contribution in [0, 0.1) is 0 Å². The lowest BCUT2D eigenvalue weighted by molar-refractivity contribution is 0.301. The molecule has 3 nitrogen and oxygen atoms in total. The third-order valence-corrected chi connectivity index (χ3v) is 3.83. The molecule has 2 aromatic rings. The van der Waals surface area contributed by atoms with E-state index < -0.39 is 0 Å². The first-order valence-corrected chi connectivity index (χ1v) is 7.69. The largest absolute Gasteiger partial charge is 0.486 e. The highest BCUT2D eigenvalue weighted by atomic mass is 32.1. The fourth-order valence-electron chi connectivity index (χ4n) is 1.84. The Bertz CT molecular complexity index is 558. The lowest BCUT2D eigenvalue weighted by Gasteiger charge is -2.14. The fraction of sp³-hybridized carbons (Fsp3) is 0.438. The SMILES string of the molecule is CNCc1ccccc1OCc1nc(C(C)(C)C)cs1. The van der Waals surface area contributed by atoms with E-state index in [1.165, 1.54) is 5.56 Å². The number of hydrogen-bond acceptors (Lipinski definition) is 4. The summed E-state index contributed by atoms with van der Waals surface area (Å²) in [7, 11) is 1.94. The number of hydrogen-bond donors (Lipinski definition) is 1. The van der Waals surface area contributed by atoms with Crippen LogP contribution in [-0.4, -0.2) is 12.0 Å². The molecule has 0 fully saturated rings. The predicted molar refractivity (Wildman–Crippen MR) is 84.4 cm³/mol. The highest BCUT2D eigenvalue weighted by molar-refractivity contribution is 7.09. The van der Waals surface area contributed by atoms with Crippen LogP contribution in [0.1, 0.15) is 37.0 Å². The predicted octanol–water partition coefficient (Wildman–Crippen LogP) is 3.74. The molecule has 0 saturated carbocycles. The summed E-state index contributed by atoms with van der Waals surface area (Å²) in [5, 5.41) is 6.30. The van der Waals surface area contributed by atoms with Crippen LogP contribution in [0.2, 0.25) is 0 Å². The van der Waals surface area contributed by atoms with Crippen molar-refractivity contribution in [2.75, 3.05) is 7.05 Å². The van der Waals surface area contributed by atoms with E-state index in [0.29, 0.717) is 6.61 Å². The van der Waals surface area contributed by atoms with E-state index in [0.717, 1.165) is 23.0 Å². The first-order valence-electron chi connectivity index (χ1n) is 6.81. The van der Waals surface area contributed by atoms with E-state index in [1.807, 2.05) is 25.2 Å². The Hall–Kier alpha value is -1.39. The molecule has 1 aromatic heterocycles. The molecule has 0 unspecified atom stereocenters. The minimum Gasteiger partial charge on any atom is -0.486 e. The third-order valence-electron chi connectivity index (χ3n) is 3.01. The van der Waals surface area contributed by atoms with Crippen molar-refractivity contribution in [3.8, 4) is 5.75 Å². The number of thiazole rings is 1. The van der Waals surface area contributed by atoms with Gasteiger partial charge >= 0.3 is 0 Å². The molecule has 20 heavy (non-hydrogen) atoms. The average Bonchev–Trinajstić information content (AvgIpc) is 2.87. The van der Waals surface area contributed by atoms with Crippen LogP contribution in [0.3, 0.4) is 0 Å². The Morgan fingerprint density at radius 2 is 2.00 bits per heavy atom. The van der Waals surface area contributed by atoms with Gasteiger partial charge in [-0.25, -0.2) is 4.98 Å². The van der Waals surface area contributed by atoms with Crippen molar-refractivity contribution >= 4 is 11.3 Å². The van der Waals surface area contributed by atoms with Crippen LogP contribution in [0.25, 0.3) is 0 Å². The minimum atomic E-state index is 0.0960. The Morgan fingerprint density at radius 3 is 2.65 bits per heavy atom. The Balaban J connectivity index is 2.04. The molecule has 1 heterocycles. The molecule has 1 N–H and O–H groups in total. The highest BCUT2D eigenvalue weighted by Crippen LogP contribution is 2.25. The molecule has 4 heteroatoms. The molecular formula is C16H22N2OS. The van der Waals surface area contributed by atoms with Crippen molar-refractivity contribution in [3.63, 3.8) is 0 Å². The van der Waals surface area contributed by atoms with Gasteiger partial charge in [0.2, 0.25) is 0 Å². The molecule has 2 rings (SSSR count). The minimum absolute atomic E-state index is 0.0960. The van der Waals surface area contributed by atoms with Gasteiger partial charge in [0.15, 0.2) is 0 Å². The van der Waals surface area contributed by atoms with Crippen molar-refractivity contribution < 1.29 is 4.74 Å². The smallest absolute Gasteiger partial charge is 0.140 e. The van der Waals surface area contributed by atoms with Gasteiger partial charge in [0.25, 0.3) is 0 Å².